The molecule has 0 unspecified atom stereocenters. The summed E-state index contributed by atoms with van der Waals surface area (Å²) in [5.41, 5.74) is 1.66. The molecule has 0 fully saturated rings. The molecule has 78 valence electrons. The number of amides is 1. The molecule has 0 atom stereocenters. The average molecular weight is 220 g/mol. The molecule has 7 heteroatoms. The Balaban J connectivity index is 3.37. The van der Waals surface area contributed by atoms with Crippen LogP contribution in [0.3, 0.4) is 0 Å². The topological polar surface area (TPSA) is 38.3 Å². The summed E-state index contributed by atoms with van der Waals surface area (Å²) < 4.78 is 34.4. The molecule has 0 radical (unpaired) electrons. The molecule has 0 spiro atoms. The van der Waals surface area contributed by atoms with Crippen LogP contribution in [-0.4, -0.2) is 24.6 Å². The SMILES string of the molecule is O=C(CCCCl)NOCC(F)(F)F. The maximum absolute atomic E-state index is 11.5. The third-order valence-electron chi connectivity index (χ3n) is 0.959. The minimum absolute atomic E-state index is 0.0569. The number of hydrogen-bond acceptors (Lipinski definition) is 2. The molecule has 0 aliphatic heterocycles. The Morgan fingerprint density at radius 1 is 1.46 bits per heavy atom. The fourth-order valence-electron chi connectivity index (χ4n) is 0.477. The predicted molar refractivity (Wildman–Crippen MR) is 40.1 cm³/mol. The van der Waals surface area contributed by atoms with Gasteiger partial charge in [-0.2, -0.15) is 13.2 Å². The third-order valence-corrected chi connectivity index (χ3v) is 1.23. The molecule has 0 aromatic rings. The number of alkyl halides is 4. The van der Waals surface area contributed by atoms with Gasteiger partial charge in [-0.25, -0.2) is 5.48 Å². The van der Waals surface area contributed by atoms with Crippen LogP contribution in [0.25, 0.3) is 0 Å². The maximum Gasteiger partial charge on any atom is 0.414 e. The molecule has 0 aliphatic rings. The van der Waals surface area contributed by atoms with Crippen LogP contribution in [0.4, 0.5) is 13.2 Å². The van der Waals surface area contributed by atoms with E-state index in [4.69, 9.17) is 11.6 Å². The molecule has 1 amide bonds. The molecular formula is C6H9ClF3NO2. The minimum Gasteiger partial charge on any atom is -0.273 e. The van der Waals surface area contributed by atoms with Crippen LogP contribution in [0.5, 0.6) is 0 Å². The Labute approximate surface area is 78.1 Å². The molecule has 0 saturated heterocycles. The van der Waals surface area contributed by atoms with E-state index in [1.54, 1.807) is 5.48 Å². The molecule has 1 N–H and O–H groups in total. The Morgan fingerprint density at radius 3 is 2.54 bits per heavy atom. The molecule has 0 heterocycles. The highest BCUT2D eigenvalue weighted by Crippen LogP contribution is 2.13. The van der Waals surface area contributed by atoms with Crippen LogP contribution in [0.2, 0.25) is 0 Å². The number of rotatable bonds is 5. The first kappa shape index (κ1) is 12.5. The fraction of sp³-hybridized carbons (Fsp3) is 0.833. The number of carbonyl (C=O) groups excluding carboxylic acids is 1. The zero-order valence-corrected chi connectivity index (χ0v) is 7.41. The molecule has 13 heavy (non-hydrogen) atoms. The van der Waals surface area contributed by atoms with Gasteiger partial charge >= 0.3 is 6.18 Å². The molecule has 0 aromatic carbocycles. The van der Waals surface area contributed by atoms with Crippen molar-refractivity contribution >= 4 is 17.5 Å². The van der Waals surface area contributed by atoms with E-state index < -0.39 is 18.7 Å². The van der Waals surface area contributed by atoms with E-state index in [0.29, 0.717) is 6.42 Å². The molecule has 0 rings (SSSR count). The molecular weight excluding hydrogens is 211 g/mol. The van der Waals surface area contributed by atoms with Crippen molar-refractivity contribution in [2.45, 2.75) is 19.0 Å². The van der Waals surface area contributed by atoms with E-state index in [0.717, 1.165) is 0 Å². The summed E-state index contributed by atoms with van der Waals surface area (Å²) in [6, 6.07) is 0. The van der Waals surface area contributed by atoms with Crippen molar-refractivity contribution in [3.8, 4) is 0 Å². The van der Waals surface area contributed by atoms with Gasteiger partial charge in [0.2, 0.25) is 5.91 Å². The van der Waals surface area contributed by atoms with Gasteiger partial charge in [0.1, 0.15) is 0 Å². The Kier molecular flexibility index (Phi) is 5.81. The van der Waals surface area contributed by atoms with Crippen LogP contribution < -0.4 is 5.48 Å². The number of carbonyl (C=O) groups is 1. The Morgan fingerprint density at radius 2 is 2.08 bits per heavy atom. The Hall–Kier alpha value is -0.490. The molecule has 0 aliphatic carbocycles. The fourth-order valence-corrected chi connectivity index (χ4v) is 0.610. The summed E-state index contributed by atoms with van der Waals surface area (Å²) >= 11 is 5.25. The quantitative estimate of drug-likeness (QED) is 0.564. The lowest BCUT2D eigenvalue weighted by Crippen LogP contribution is -2.29. The lowest BCUT2D eigenvalue weighted by Gasteiger charge is -2.07. The van der Waals surface area contributed by atoms with Crippen molar-refractivity contribution in [2.24, 2.45) is 0 Å². The van der Waals surface area contributed by atoms with Gasteiger partial charge in [0, 0.05) is 12.3 Å². The van der Waals surface area contributed by atoms with Gasteiger partial charge in [0.15, 0.2) is 6.61 Å². The predicted octanol–water partition coefficient (Wildman–Crippen LogP) is 1.62. The first-order chi connectivity index (χ1) is 5.95. The van der Waals surface area contributed by atoms with Crippen molar-refractivity contribution in [3.05, 3.63) is 0 Å². The molecule has 0 bridgehead atoms. The van der Waals surface area contributed by atoms with Crippen molar-refractivity contribution in [1.29, 1.82) is 0 Å². The lowest BCUT2D eigenvalue weighted by atomic mass is 10.3. The molecule has 0 aromatic heterocycles. The highest BCUT2D eigenvalue weighted by Gasteiger charge is 2.28. The third kappa shape index (κ3) is 9.42. The zero-order valence-electron chi connectivity index (χ0n) is 6.66. The van der Waals surface area contributed by atoms with Crippen molar-refractivity contribution in [3.63, 3.8) is 0 Å². The van der Waals surface area contributed by atoms with E-state index in [9.17, 15) is 18.0 Å². The van der Waals surface area contributed by atoms with Crippen LogP contribution in [0, 0.1) is 0 Å². The Bertz CT molecular complexity index is 162. The van der Waals surface area contributed by atoms with Crippen molar-refractivity contribution in [2.75, 3.05) is 12.5 Å². The standard InChI is InChI=1S/C6H9ClF3NO2/c7-3-1-2-5(12)11-13-4-6(8,9)10/h1-4H2,(H,11,12). The second-order valence-corrected chi connectivity index (χ2v) is 2.60. The van der Waals surface area contributed by atoms with Crippen LogP contribution in [-0.2, 0) is 9.63 Å². The van der Waals surface area contributed by atoms with Crippen molar-refractivity contribution in [1.82, 2.24) is 5.48 Å². The summed E-state index contributed by atoms with van der Waals surface area (Å²) in [5.74, 6) is -0.322. The highest BCUT2D eigenvalue weighted by molar-refractivity contribution is 6.17. The van der Waals surface area contributed by atoms with Gasteiger partial charge in [-0.1, -0.05) is 0 Å². The second kappa shape index (κ2) is 6.04. The number of nitrogens with one attached hydrogen (secondary N) is 1. The van der Waals surface area contributed by atoms with E-state index >= 15 is 0 Å². The number of halogens is 4. The minimum atomic E-state index is -4.43. The van der Waals surface area contributed by atoms with E-state index in [-0.39, 0.29) is 12.3 Å². The summed E-state index contributed by atoms with van der Waals surface area (Å²) in [4.78, 5) is 14.5. The largest absolute Gasteiger partial charge is 0.414 e. The summed E-state index contributed by atoms with van der Waals surface area (Å²) in [7, 11) is 0. The number of hydrogen-bond donors (Lipinski definition) is 1. The van der Waals surface area contributed by atoms with Crippen LogP contribution in [0.15, 0.2) is 0 Å². The normalized spacial score (nSPS) is 11.4. The molecule has 3 nitrogen and oxygen atoms in total. The van der Waals surface area contributed by atoms with Crippen molar-refractivity contribution < 1.29 is 22.8 Å². The first-order valence-electron chi connectivity index (χ1n) is 3.49. The van der Waals surface area contributed by atoms with Gasteiger partial charge in [0.05, 0.1) is 0 Å². The van der Waals surface area contributed by atoms with E-state index in [1.165, 1.54) is 0 Å². The first-order valence-corrected chi connectivity index (χ1v) is 4.02. The molecule has 0 saturated carbocycles. The second-order valence-electron chi connectivity index (χ2n) is 2.22. The maximum atomic E-state index is 11.5. The van der Waals surface area contributed by atoms with Gasteiger partial charge in [-0.3, -0.25) is 9.63 Å². The van der Waals surface area contributed by atoms with Gasteiger partial charge < -0.3 is 0 Å². The zero-order chi connectivity index (χ0) is 10.3. The highest BCUT2D eigenvalue weighted by atomic mass is 35.5. The van der Waals surface area contributed by atoms with Gasteiger partial charge in [-0.05, 0) is 6.42 Å². The van der Waals surface area contributed by atoms with E-state index in [2.05, 4.69) is 4.84 Å². The van der Waals surface area contributed by atoms with Gasteiger partial charge in [-0.15, -0.1) is 11.6 Å². The smallest absolute Gasteiger partial charge is 0.273 e. The summed E-state index contributed by atoms with van der Waals surface area (Å²) in [6.07, 6.45) is -3.97. The van der Waals surface area contributed by atoms with Crippen LogP contribution >= 0.6 is 11.6 Å². The lowest BCUT2D eigenvalue weighted by molar-refractivity contribution is -0.191. The monoisotopic (exact) mass is 219 g/mol. The number of hydroxylamine groups is 1. The van der Waals surface area contributed by atoms with Crippen LogP contribution in [0.1, 0.15) is 12.8 Å². The van der Waals surface area contributed by atoms with E-state index in [1.807, 2.05) is 0 Å². The summed E-state index contributed by atoms with van der Waals surface area (Å²) in [5, 5.41) is 0. The van der Waals surface area contributed by atoms with Gasteiger partial charge in [0.25, 0.3) is 0 Å². The average Bonchev–Trinajstić information content (AvgIpc) is 1.98. The summed E-state index contributed by atoms with van der Waals surface area (Å²) in [6.45, 7) is -1.49.